The molecule has 15 heavy (non-hydrogen) atoms. The summed E-state index contributed by atoms with van der Waals surface area (Å²) in [7, 11) is 0. The lowest BCUT2D eigenvalue weighted by Gasteiger charge is -2.11. The van der Waals surface area contributed by atoms with E-state index in [-0.39, 0.29) is 11.7 Å². The molecule has 1 aromatic rings. The highest BCUT2D eigenvalue weighted by molar-refractivity contribution is 5.93. The number of carbonyl (C=O) groups is 1. The largest absolute Gasteiger partial charge is 0.508 e. The van der Waals surface area contributed by atoms with Crippen LogP contribution < -0.4 is 5.32 Å². The summed E-state index contributed by atoms with van der Waals surface area (Å²) in [6.45, 7) is 8.49. The van der Waals surface area contributed by atoms with Gasteiger partial charge >= 0.3 is 0 Å². The topological polar surface area (TPSA) is 49.3 Å². The predicted octanol–water partition coefficient (Wildman–Crippen LogP) is 2.82. The highest BCUT2D eigenvalue weighted by Crippen LogP contribution is 2.26. The van der Waals surface area contributed by atoms with Gasteiger partial charge < -0.3 is 10.4 Å². The maximum Gasteiger partial charge on any atom is 0.221 e. The first-order chi connectivity index (χ1) is 7.06. The summed E-state index contributed by atoms with van der Waals surface area (Å²) in [6, 6.07) is 5.26. The number of amides is 1. The van der Waals surface area contributed by atoms with E-state index in [1.807, 2.05) is 0 Å². The SMILES string of the molecule is C=Cc1cccc(NC(C)=O)c1C(=C)O. The van der Waals surface area contributed by atoms with Gasteiger partial charge in [-0.15, -0.1) is 0 Å². The van der Waals surface area contributed by atoms with Gasteiger partial charge in [0.1, 0.15) is 5.76 Å². The van der Waals surface area contributed by atoms with Gasteiger partial charge in [-0.3, -0.25) is 4.79 Å². The Balaban J connectivity index is 3.31. The summed E-state index contributed by atoms with van der Waals surface area (Å²) in [5, 5.41) is 12.1. The molecule has 0 radical (unpaired) electrons. The second-order valence-corrected chi connectivity index (χ2v) is 3.10. The third-order valence-corrected chi connectivity index (χ3v) is 1.92. The van der Waals surface area contributed by atoms with Crippen molar-refractivity contribution in [2.45, 2.75) is 6.92 Å². The Hall–Kier alpha value is -2.03. The normalized spacial score (nSPS) is 9.40. The maximum absolute atomic E-state index is 10.9. The van der Waals surface area contributed by atoms with E-state index in [0.29, 0.717) is 11.3 Å². The summed E-state index contributed by atoms with van der Waals surface area (Å²) in [4.78, 5) is 10.9. The molecule has 0 spiro atoms. The van der Waals surface area contributed by atoms with Gasteiger partial charge in [0.05, 0.1) is 5.69 Å². The van der Waals surface area contributed by atoms with Gasteiger partial charge in [-0.05, 0) is 11.6 Å². The van der Waals surface area contributed by atoms with Crippen molar-refractivity contribution in [3.8, 4) is 0 Å². The number of carbonyl (C=O) groups excluding carboxylic acids is 1. The molecular formula is C12H13NO2. The average molecular weight is 203 g/mol. The van der Waals surface area contributed by atoms with Crippen molar-refractivity contribution in [3.63, 3.8) is 0 Å². The van der Waals surface area contributed by atoms with E-state index < -0.39 is 0 Å². The number of rotatable bonds is 3. The molecule has 3 nitrogen and oxygen atoms in total. The lowest BCUT2D eigenvalue weighted by atomic mass is 10.0. The molecule has 0 aliphatic carbocycles. The molecule has 78 valence electrons. The molecule has 0 saturated carbocycles. The lowest BCUT2D eigenvalue weighted by Crippen LogP contribution is -2.08. The van der Waals surface area contributed by atoms with Crippen LogP contribution in [0.1, 0.15) is 18.1 Å². The predicted molar refractivity (Wildman–Crippen MR) is 62.5 cm³/mol. The molecule has 0 fully saturated rings. The fraction of sp³-hybridized carbons (Fsp3) is 0.0833. The van der Waals surface area contributed by atoms with Crippen LogP contribution in [0.4, 0.5) is 5.69 Å². The Labute approximate surface area is 88.7 Å². The van der Waals surface area contributed by atoms with Gasteiger partial charge in [0, 0.05) is 12.5 Å². The number of anilines is 1. The van der Waals surface area contributed by atoms with Crippen molar-refractivity contribution in [1.29, 1.82) is 0 Å². The van der Waals surface area contributed by atoms with Crippen LogP contribution >= 0.6 is 0 Å². The monoisotopic (exact) mass is 203 g/mol. The minimum absolute atomic E-state index is 0.0887. The molecule has 3 heteroatoms. The molecule has 0 aliphatic heterocycles. The first-order valence-electron chi connectivity index (χ1n) is 4.47. The van der Waals surface area contributed by atoms with Crippen LogP contribution in [0.25, 0.3) is 11.8 Å². The quantitative estimate of drug-likeness (QED) is 0.742. The Kier molecular flexibility index (Phi) is 3.29. The number of hydrogen-bond acceptors (Lipinski definition) is 2. The van der Waals surface area contributed by atoms with E-state index >= 15 is 0 Å². The van der Waals surface area contributed by atoms with Crippen LogP contribution in [0.15, 0.2) is 31.4 Å². The molecular weight excluding hydrogens is 190 g/mol. The van der Waals surface area contributed by atoms with Crippen LogP contribution in [0.5, 0.6) is 0 Å². The van der Waals surface area contributed by atoms with Gasteiger partial charge in [-0.1, -0.05) is 31.4 Å². The highest BCUT2D eigenvalue weighted by atomic mass is 16.3. The molecule has 0 aliphatic rings. The second-order valence-electron chi connectivity index (χ2n) is 3.10. The zero-order valence-corrected chi connectivity index (χ0v) is 8.58. The third kappa shape index (κ3) is 2.47. The van der Waals surface area contributed by atoms with E-state index in [9.17, 15) is 9.90 Å². The highest BCUT2D eigenvalue weighted by Gasteiger charge is 2.09. The summed E-state index contributed by atoms with van der Waals surface area (Å²) >= 11 is 0. The smallest absolute Gasteiger partial charge is 0.221 e. The average Bonchev–Trinajstić information content (AvgIpc) is 2.15. The molecule has 0 heterocycles. The van der Waals surface area contributed by atoms with Crippen molar-refractivity contribution >= 4 is 23.4 Å². The minimum Gasteiger partial charge on any atom is -0.508 e. The van der Waals surface area contributed by atoms with Gasteiger partial charge in [-0.25, -0.2) is 0 Å². The Morgan fingerprint density at radius 2 is 2.20 bits per heavy atom. The lowest BCUT2D eigenvalue weighted by molar-refractivity contribution is -0.114. The molecule has 1 aromatic carbocycles. The van der Waals surface area contributed by atoms with Crippen molar-refractivity contribution in [2.24, 2.45) is 0 Å². The summed E-state index contributed by atoms with van der Waals surface area (Å²) in [5.74, 6) is -0.284. The number of benzene rings is 1. The van der Waals surface area contributed by atoms with Crippen molar-refractivity contribution in [2.75, 3.05) is 5.32 Å². The summed E-state index contributed by atoms with van der Waals surface area (Å²) in [5.41, 5.74) is 1.77. The Bertz CT molecular complexity index is 422. The van der Waals surface area contributed by atoms with Gasteiger partial charge in [0.15, 0.2) is 0 Å². The maximum atomic E-state index is 10.9. The zero-order valence-electron chi connectivity index (χ0n) is 8.58. The number of nitrogens with one attached hydrogen (secondary N) is 1. The molecule has 1 amide bonds. The van der Waals surface area contributed by atoms with Gasteiger partial charge in [-0.2, -0.15) is 0 Å². The fourth-order valence-corrected chi connectivity index (χ4v) is 1.36. The van der Waals surface area contributed by atoms with Crippen LogP contribution in [-0.2, 0) is 4.79 Å². The van der Waals surface area contributed by atoms with Gasteiger partial charge in [0.2, 0.25) is 5.91 Å². The fourth-order valence-electron chi connectivity index (χ4n) is 1.36. The molecule has 0 aromatic heterocycles. The van der Waals surface area contributed by atoms with Crippen molar-refractivity contribution < 1.29 is 9.90 Å². The Morgan fingerprint density at radius 1 is 1.53 bits per heavy atom. The molecule has 0 atom stereocenters. The van der Waals surface area contributed by atoms with E-state index in [0.717, 1.165) is 5.56 Å². The zero-order chi connectivity index (χ0) is 11.4. The van der Waals surface area contributed by atoms with Gasteiger partial charge in [0.25, 0.3) is 0 Å². The van der Waals surface area contributed by atoms with Crippen LogP contribution in [0, 0.1) is 0 Å². The van der Waals surface area contributed by atoms with Crippen molar-refractivity contribution in [3.05, 3.63) is 42.5 Å². The van der Waals surface area contributed by atoms with Crippen LogP contribution in [0.2, 0.25) is 0 Å². The third-order valence-electron chi connectivity index (χ3n) is 1.92. The number of aliphatic hydroxyl groups is 1. The molecule has 0 saturated heterocycles. The first-order valence-corrected chi connectivity index (χ1v) is 4.47. The molecule has 1 rings (SSSR count). The van der Waals surface area contributed by atoms with E-state index in [2.05, 4.69) is 18.5 Å². The molecule has 0 bridgehead atoms. The standard InChI is InChI=1S/C12H13NO2/c1-4-10-6-5-7-11(13-9(3)15)12(10)8(2)14/h4-7,14H,1-2H2,3H3,(H,13,15). The Morgan fingerprint density at radius 3 is 2.67 bits per heavy atom. The molecule has 0 unspecified atom stereocenters. The first kappa shape index (κ1) is 11.0. The second kappa shape index (κ2) is 4.46. The van der Waals surface area contributed by atoms with E-state index in [1.54, 1.807) is 24.3 Å². The van der Waals surface area contributed by atoms with E-state index in [4.69, 9.17) is 0 Å². The van der Waals surface area contributed by atoms with Crippen LogP contribution in [-0.4, -0.2) is 11.0 Å². The van der Waals surface area contributed by atoms with Crippen LogP contribution in [0.3, 0.4) is 0 Å². The number of hydrogen-bond donors (Lipinski definition) is 2. The minimum atomic E-state index is -0.196. The summed E-state index contributed by atoms with van der Waals surface area (Å²) in [6.07, 6.45) is 1.60. The summed E-state index contributed by atoms with van der Waals surface area (Å²) < 4.78 is 0. The van der Waals surface area contributed by atoms with E-state index in [1.165, 1.54) is 6.92 Å². The van der Waals surface area contributed by atoms with Crippen molar-refractivity contribution in [1.82, 2.24) is 0 Å². The molecule has 2 N–H and O–H groups in total. The number of aliphatic hydroxyl groups excluding tert-OH is 1.